The summed E-state index contributed by atoms with van der Waals surface area (Å²) in [4.78, 5) is 12.0. The first-order valence-corrected chi connectivity index (χ1v) is 9.13. The van der Waals surface area contributed by atoms with Crippen LogP contribution in [0.4, 0.5) is 0 Å². The number of benzene rings is 1. The lowest BCUT2D eigenvalue weighted by molar-refractivity contribution is 0.0945. The van der Waals surface area contributed by atoms with E-state index in [1.54, 1.807) is 12.1 Å². The van der Waals surface area contributed by atoms with Crippen LogP contribution in [0.15, 0.2) is 23.1 Å². The molecule has 6 nitrogen and oxygen atoms in total. The highest BCUT2D eigenvalue weighted by molar-refractivity contribution is 7.89. The molecule has 7 heteroatoms. The Kier molecular flexibility index (Phi) is 4.20. The van der Waals surface area contributed by atoms with Crippen LogP contribution in [0.2, 0.25) is 0 Å². The number of amides is 1. The number of carbonyl (C=O) groups is 1. The van der Waals surface area contributed by atoms with Gasteiger partial charge in [0.15, 0.2) is 0 Å². The van der Waals surface area contributed by atoms with Crippen LogP contribution in [0.5, 0.6) is 0 Å². The van der Waals surface area contributed by atoms with E-state index < -0.39 is 10.0 Å². The fraction of sp³-hybridized carbons (Fsp3) is 0.533. The first-order valence-electron chi connectivity index (χ1n) is 7.65. The quantitative estimate of drug-likeness (QED) is 0.745. The molecule has 1 saturated carbocycles. The number of hydrogen-bond donors (Lipinski definition) is 3. The molecule has 1 aliphatic heterocycles. The molecule has 2 aliphatic rings. The third kappa shape index (κ3) is 2.88. The summed E-state index contributed by atoms with van der Waals surface area (Å²) in [5.41, 5.74) is 7.05. The molecule has 2 atom stereocenters. The van der Waals surface area contributed by atoms with Gasteiger partial charge >= 0.3 is 0 Å². The average Bonchev–Trinajstić information content (AvgIpc) is 2.94. The van der Waals surface area contributed by atoms with Crippen LogP contribution >= 0.6 is 0 Å². The van der Waals surface area contributed by atoms with Crippen molar-refractivity contribution in [2.24, 2.45) is 11.7 Å². The first-order chi connectivity index (χ1) is 10.5. The Morgan fingerprint density at radius 3 is 2.91 bits per heavy atom. The van der Waals surface area contributed by atoms with Crippen molar-refractivity contribution in [3.63, 3.8) is 0 Å². The van der Waals surface area contributed by atoms with Gasteiger partial charge in [-0.15, -0.1) is 0 Å². The molecule has 1 amide bonds. The Hall–Kier alpha value is -1.44. The van der Waals surface area contributed by atoms with Crippen LogP contribution in [0.1, 0.15) is 35.2 Å². The Balaban J connectivity index is 1.86. The highest BCUT2D eigenvalue weighted by Gasteiger charge is 2.31. The van der Waals surface area contributed by atoms with Gasteiger partial charge in [-0.3, -0.25) is 4.79 Å². The van der Waals surface area contributed by atoms with E-state index in [4.69, 9.17) is 5.73 Å². The molecule has 0 spiro atoms. The van der Waals surface area contributed by atoms with E-state index >= 15 is 0 Å². The van der Waals surface area contributed by atoms with Crippen LogP contribution in [0.3, 0.4) is 0 Å². The maximum atomic E-state index is 12.6. The molecule has 4 N–H and O–H groups in total. The lowest BCUT2D eigenvalue weighted by atomic mass is 10.0. The van der Waals surface area contributed by atoms with Gasteiger partial charge in [-0.2, -0.15) is 0 Å². The van der Waals surface area contributed by atoms with E-state index in [1.807, 2.05) is 0 Å². The van der Waals surface area contributed by atoms with Gasteiger partial charge in [0.25, 0.3) is 5.91 Å². The van der Waals surface area contributed by atoms with Gasteiger partial charge in [0.05, 0.1) is 4.90 Å². The molecule has 1 aliphatic carbocycles. The van der Waals surface area contributed by atoms with Gasteiger partial charge in [-0.1, -0.05) is 12.5 Å². The number of nitrogens with one attached hydrogen (secondary N) is 2. The average molecular weight is 323 g/mol. The summed E-state index contributed by atoms with van der Waals surface area (Å²) in [6.07, 6.45) is 3.48. The molecule has 3 rings (SSSR count). The van der Waals surface area contributed by atoms with Gasteiger partial charge in [-0.25, -0.2) is 13.1 Å². The summed E-state index contributed by atoms with van der Waals surface area (Å²) in [5.74, 6) is -0.0188. The molecule has 1 fully saturated rings. The number of carbonyl (C=O) groups excluding carboxylic acids is 1. The zero-order valence-electron chi connectivity index (χ0n) is 12.3. The SMILES string of the molecule is NC[C@@H]1CCC[C@@H]1NS(=O)(=O)c1ccc2c(c1)C(=O)NCC2. The van der Waals surface area contributed by atoms with Gasteiger partial charge in [0, 0.05) is 18.2 Å². The summed E-state index contributed by atoms with van der Waals surface area (Å²) in [5, 5.41) is 2.74. The lowest BCUT2D eigenvalue weighted by Crippen LogP contribution is -2.40. The predicted molar refractivity (Wildman–Crippen MR) is 83.0 cm³/mol. The molecule has 1 heterocycles. The van der Waals surface area contributed by atoms with E-state index in [1.165, 1.54) is 6.07 Å². The second-order valence-electron chi connectivity index (χ2n) is 5.98. The third-order valence-electron chi connectivity index (χ3n) is 4.58. The zero-order chi connectivity index (χ0) is 15.7. The molecule has 1 aromatic rings. The molecule has 0 saturated heterocycles. The zero-order valence-corrected chi connectivity index (χ0v) is 13.2. The minimum absolute atomic E-state index is 0.111. The Morgan fingerprint density at radius 1 is 1.32 bits per heavy atom. The fourth-order valence-electron chi connectivity index (χ4n) is 3.30. The standard InChI is InChI=1S/C15H21N3O3S/c16-9-11-2-1-3-14(11)18-22(20,21)12-5-4-10-6-7-17-15(19)13(10)8-12/h4-5,8,11,14,18H,1-3,6-7,9,16H2,(H,17,19)/t11-,14-/m0/s1. The molecule has 120 valence electrons. The van der Waals surface area contributed by atoms with Crippen molar-refractivity contribution in [1.29, 1.82) is 0 Å². The van der Waals surface area contributed by atoms with Gasteiger partial charge < -0.3 is 11.1 Å². The van der Waals surface area contributed by atoms with Crippen molar-refractivity contribution >= 4 is 15.9 Å². The molecule has 0 radical (unpaired) electrons. The molecular formula is C15H21N3O3S. The maximum absolute atomic E-state index is 12.6. The van der Waals surface area contributed by atoms with Crippen molar-refractivity contribution in [2.75, 3.05) is 13.1 Å². The smallest absolute Gasteiger partial charge is 0.251 e. The second kappa shape index (κ2) is 5.98. The van der Waals surface area contributed by atoms with Crippen molar-refractivity contribution in [1.82, 2.24) is 10.0 Å². The summed E-state index contributed by atoms with van der Waals surface area (Å²) in [7, 11) is -3.63. The molecular weight excluding hydrogens is 302 g/mol. The van der Waals surface area contributed by atoms with Crippen LogP contribution in [0, 0.1) is 5.92 Å². The van der Waals surface area contributed by atoms with Crippen LogP contribution in [-0.4, -0.2) is 33.5 Å². The highest BCUT2D eigenvalue weighted by Crippen LogP contribution is 2.27. The number of hydrogen-bond acceptors (Lipinski definition) is 4. The largest absolute Gasteiger partial charge is 0.352 e. The van der Waals surface area contributed by atoms with E-state index in [2.05, 4.69) is 10.0 Å². The summed E-state index contributed by atoms with van der Waals surface area (Å²) in [6.45, 7) is 1.08. The monoisotopic (exact) mass is 323 g/mol. The second-order valence-corrected chi connectivity index (χ2v) is 7.69. The lowest BCUT2D eigenvalue weighted by Gasteiger charge is -2.21. The normalized spacial score (nSPS) is 24.9. The van der Waals surface area contributed by atoms with Crippen molar-refractivity contribution in [3.05, 3.63) is 29.3 Å². The first kappa shape index (κ1) is 15.5. The fourth-order valence-corrected chi connectivity index (χ4v) is 4.66. The number of fused-ring (bicyclic) bond motifs is 1. The van der Waals surface area contributed by atoms with E-state index in [-0.39, 0.29) is 22.8 Å². The van der Waals surface area contributed by atoms with Crippen LogP contribution in [-0.2, 0) is 16.4 Å². The van der Waals surface area contributed by atoms with E-state index in [9.17, 15) is 13.2 Å². The minimum atomic E-state index is -3.63. The number of rotatable bonds is 4. The summed E-state index contributed by atoms with van der Waals surface area (Å²) >= 11 is 0. The molecule has 1 aromatic carbocycles. The maximum Gasteiger partial charge on any atom is 0.251 e. The van der Waals surface area contributed by atoms with Gasteiger partial charge in [0.2, 0.25) is 10.0 Å². The van der Waals surface area contributed by atoms with Gasteiger partial charge in [0.1, 0.15) is 0 Å². The van der Waals surface area contributed by atoms with Crippen molar-refractivity contribution in [2.45, 2.75) is 36.6 Å². The highest BCUT2D eigenvalue weighted by atomic mass is 32.2. The summed E-state index contributed by atoms with van der Waals surface area (Å²) < 4.78 is 27.9. The molecule has 22 heavy (non-hydrogen) atoms. The van der Waals surface area contributed by atoms with Crippen molar-refractivity contribution in [3.8, 4) is 0 Å². The summed E-state index contributed by atoms with van der Waals surface area (Å²) in [6, 6.07) is 4.67. The third-order valence-corrected chi connectivity index (χ3v) is 6.07. The van der Waals surface area contributed by atoms with E-state index in [0.29, 0.717) is 18.7 Å². The van der Waals surface area contributed by atoms with Crippen LogP contribution < -0.4 is 15.8 Å². The van der Waals surface area contributed by atoms with E-state index in [0.717, 1.165) is 31.2 Å². The van der Waals surface area contributed by atoms with Gasteiger partial charge in [-0.05, 0) is 49.4 Å². The topological polar surface area (TPSA) is 101 Å². The Bertz CT molecular complexity index is 687. The Morgan fingerprint density at radius 2 is 2.14 bits per heavy atom. The molecule has 0 bridgehead atoms. The number of sulfonamides is 1. The van der Waals surface area contributed by atoms with Crippen LogP contribution in [0.25, 0.3) is 0 Å². The number of nitrogens with two attached hydrogens (primary N) is 1. The molecule has 0 unspecified atom stereocenters. The minimum Gasteiger partial charge on any atom is -0.352 e. The van der Waals surface area contributed by atoms with Crippen molar-refractivity contribution < 1.29 is 13.2 Å². The predicted octanol–water partition coefficient (Wildman–Crippen LogP) is 0.378. The Labute approximate surface area is 130 Å². The molecule has 0 aromatic heterocycles.